The molecule has 9 rings (SSSR count). The van der Waals surface area contributed by atoms with Gasteiger partial charge >= 0.3 is 0 Å². The number of benzene rings is 2. The largest absolute Gasteiger partial charge is 0.390 e. The van der Waals surface area contributed by atoms with E-state index in [-0.39, 0.29) is 25.1 Å². The number of aliphatic hydroxyl groups is 3. The lowest BCUT2D eigenvalue weighted by Gasteiger charge is -2.06. The molecule has 0 spiro atoms. The van der Waals surface area contributed by atoms with Crippen molar-refractivity contribution in [3.05, 3.63) is 212 Å². The number of aliphatic hydroxyl groups excluding tert-OH is 3. The molecule has 416 valence electrons. The third-order valence-electron chi connectivity index (χ3n) is 11.5. The second-order valence-corrected chi connectivity index (χ2v) is 18.9. The second-order valence-electron chi connectivity index (χ2n) is 18.9. The summed E-state index contributed by atoms with van der Waals surface area (Å²) in [7, 11) is 0. The molecule has 1 unspecified atom stereocenters. The molecule has 0 fully saturated rings. The molecule has 0 radical (unpaired) electrons. The molecule has 0 bridgehead atoms. The number of aromatic nitrogens is 11. The molecular weight excluding hydrogens is 1030 g/mol. The van der Waals surface area contributed by atoms with Crippen LogP contribution in [0, 0.1) is 35.0 Å². The van der Waals surface area contributed by atoms with E-state index >= 15 is 0 Å². The van der Waals surface area contributed by atoms with Crippen molar-refractivity contribution in [1.29, 1.82) is 10.5 Å². The Labute approximate surface area is 476 Å². The molecule has 0 amide bonds. The summed E-state index contributed by atoms with van der Waals surface area (Å²) in [4.78, 5) is 36.5. The Morgan fingerprint density at radius 2 is 1.00 bits per heavy atom. The van der Waals surface area contributed by atoms with Crippen molar-refractivity contribution < 1.29 is 15.3 Å². The zero-order chi connectivity index (χ0) is 59.6. The molecule has 21 heteroatoms. The summed E-state index contributed by atoms with van der Waals surface area (Å²) in [6.07, 6.45) is 6.51. The zero-order valence-corrected chi connectivity index (χ0v) is 46.6. The van der Waals surface area contributed by atoms with E-state index in [0.29, 0.717) is 81.8 Å². The molecule has 0 aliphatic rings. The summed E-state index contributed by atoms with van der Waals surface area (Å²) in [5.41, 5.74) is 31.9. The van der Waals surface area contributed by atoms with E-state index in [1.807, 2.05) is 66.7 Å². The van der Waals surface area contributed by atoms with Crippen LogP contribution in [-0.2, 0) is 26.3 Å². The van der Waals surface area contributed by atoms with E-state index in [1.165, 1.54) is 0 Å². The number of nitrogens with two attached hydrogens (primary N) is 2. The molecular formula is C61H64N18O3. The van der Waals surface area contributed by atoms with Gasteiger partial charge in [-0.2, -0.15) is 10.5 Å². The molecule has 1 atom stereocenters. The third-order valence-corrected chi connectivity index (χ3v) is 11.5. The lowest BCUT2D eigenvalue weighted by Crippen LogP contribution is -2.04. The summed E-state index contributed by atoms with van der Waals surface area (Å²) in [5, 5.41) is 56.4. The monoisotopic (exact) mass is 1100 g/mol. The molecule has 2 aromatic carbocycles. The standard InChI is InChI=1S/C22H20N8.C13H8N4.C9H12N4.C9H13NO.C8H11NO2/c1-14(2)18-8-4-7-17(25-18)12-30-13-21(28-29-30)20-10-19(26-22(24)27-20)16-6-3-5-15(9-16)11-23;1-2-11-7-12(17-13(15)16-11)10-5-3-4-9(6-10)8-14;1-7(2)9-5-3-4-8(12-9)6-11-13-10;1-7(2)9-5-3-4-8(6-11)10-9;1-6(11)8-4-2-3-7(5-10)9-8/h3-10,13-14H,12H2,1-2H3,(H2,24,26,27);1,3-7H,(H2,15,16,17);3-5,7H,6H2,1-2H3;3-5,7,11H,6H2,1-2H3;2-4,6,10-11H,5H2,1H3. The van der Waals surface area contributed by atoms with Crippen LogP contribution in [0.5, 0.6) is 0 Å². The van der Waals surface area contributed by atoms with E-state index in [1.54, 1.807) is 84.5 Å². The molecule has 7 aromatic heterocycles. The first-order valence-electron chi connectivity index (χ1n) is 25.9. The van der Waals surface area contributed by atoms with Crippen LogP contribution in [0.25, 0.3) is 44.3 Å². The predicted molar refractivity (Wildman–Crippen MR) is 314 cm³/mol. The Morgan fingerprint density at radius 1 is 0.561 bits per heavy atom. The van der Waals surface area contributed by atoms with Crippen molar-refractivity contribution >= 4 is 11.9 Å². The summed E-state index contributed by atoms with van der Waals surface area (Å²) in [6, 6.07) is 44.6. The number of anilines is 2. The van der Waals surface area contributed by atoms with Crippen LogP contribution in [0.15, 0.2) is 145 Å². The predicted octanol–water partition coefficient (Wildman–Crippen LogP) is 10.3. The molecule has 9 aromatic rings. The van der Waals surface area contributed by atoms with Crippen LogP contribution in [0.3, 0.4) is 0 Å². The van der Waals surface area contributed by atoms with E-state index in [4.69, 9.17) is 49.3 Å². The van der Waals surface area contributed by atoms with Crippen LogP contribution in [0.4, 0.5) is 11.9 Å². The first-order valence-corrected chi connectivity index (χ1v) is 25.9. The smallest absolute Gasteiger partial charge is 0.221 e. The molecule has 82 heavy (non-hydrogen) atoms. The van der Waals surface area contributed by atoms with Gasteiger partial charge in [-0.05, 0) is 115 Å². The average molecular weight is 1100 g/mol. The Morgan fingerprint density at radius 3 is 1.49 bits per heavy atom. The molecule has 0 aliphatic carbocycles. The Hall–Kier alpha value is -10.3. The second kappa shape index (κ2) is 31.9. The van der Waals surface area contributed by atoms with E-state index < -0.39 is 6.10 Å². The number of rotatable bonds is 13. The molecule has 21 nitrogen and oxygen atoms in total. The van der Waals surface area contributed by atoms with Crippen molar-refractivity contribution in [2.45, 2.75) is 98.6 Å². The lowest BCUT2D eigenvalue weighted by atomic mass is 10.1. The van der Waals surface area contributed by atoms with Gasteiger partial charge in [-0.1, -0.05) is 106 Å². The van der Waals surface area contributed by atoms with Crippen LogP contribution in [0.2, 0.25) is 0 Å². The lowest BCUT2D eigenvalue weighted by molar-refractivity contribution is 0.193. The number of nitrogen functional groups attached to an aromatic ring is 2. The zero-order valence-electron chi connectivity index (χ0n) is 46.6. The minimum atomic E-state index is -0.568. The highest BCUT2D eigenvalue weighted by Gasteiger charge is 2.13. The first-order chi connectivity index (χ1) is 39.4. The van der Waals surface area contributed by atoms with Gasteiger partial charge in [0.2, 0.25) is 11.9 Å². The number of azide groups is 1. The third kappa shape index (κ3) is 19.8. The number of hydrogen-bond donors (Lipinski definition) is 5. The van der Waals surface area contributed by atoms with Crippen LogP contribution in [-0.4, -0.2) is 70.2 Å². The fraction of sp³-hybridized carbons (Fsp3) is 0.246. The summed E-state index contributed by atoms with van der Waals surface area (Å²) < 4.78 is 1.72. The van der Waals surface area contributed by atoms with Gasteiger partial charge in [0.1, 0.15) is 11.4 Å². The Bertz CT molecular complexity index is 3650. The normalized spacial score (nSPS) is 10.6. The fourth-order valence-corrected chi connectivity index (χ4v) is 7.23. The summed E-state index contributed by atoms with van der Waals surface area (Å²) in [5.74, 6) is 3.86. The minimum absolute atomic E-state index is 0.0283. The van der Waals surface area contributed by atoms with Crippen molar-refractivity contribution in [2.24, 2.45) is 5.11 Å². The van der Waals surface area contributed by atoms with Crippen molar-refractivity contribution in [2.75, 3.05) is 11.5 Å². The van der Waals surface area contributed by atoms with E-state index in [0.717, 1.165) is 45.3 Å². The quantitative estimate of drug-likeness (QED) is 0.0310. The van der Waals surface area contributed by atoms with E-state index in [2.05, 4.69) is 120 Å². The molecule has 7 heterocycles. The van der Waals surface area contributed by atoms with Gasteiger partial charge < -0.3 is 26.8 Å². The highest BCUT2D eigenvalue weighted by Crippen LogP contribution is 2.25. The van der Waals surface area contributed by atoms with Gasteiger partial charge in [0.05, 0.1) is 102 Å². The van der Waals surface area contributed by atoms with Crippen molar-refractivity contribution in [3.63, 3.8) is 0 Å². The molecule has 0 saturated heterocycles. The van der Waals surface area contributed by atoms with Gasteiger partial charge in [0.25, 0.3) is 0 Å². The Balaban J connectivity index is 0.000000202. The number of terminal acetylenes is 1. The van der Waals surface area contributed by atoms with Crippen molar-refractivity contribution in [1.82, 2.24) is 54.9 Å². The van der Waals surface area contributed by atoms with Gasteiger partial charge in [0, 0.05) is 38.8 Å². The van der Waals surface area contributed by atoms with Gasteiger partial charge in [-0.3, -0.25) is 19.9 Å². The molecule has 0 saturated carbocycles. The topological polar surface area (TPSA) is 343 Å². The summed E-state index contributed by atoms with van der Waals surface area (Å²) >= 11 is 0. The van der Waals surface area contributed by atoms with Crippen LogP contribution >= 0.6 is 0 Å². The maximum atomic E-state index is 9.13. The van der Waals surface area contributed by atoms with Crippen molar-refractivity contribution in [3.8, 4) is 58.4 Å². The summed E-state index contributed by atoms with van der Waals surface area (Å²) in [6.45, 7) is 15.0. The fourth-order valence-electron chi connectivity index (χ4n) is 7.23. The minimum Gasteiger partial charge on any atom is -0.390 e. The Kier molecular flexibility index (Phi) is 24.3. The van der Waals surface area contributed by atoms with Gasteiger partial charge in [-0.15, -0.1) is 11.5 Å². The SMILES string of the molecule is C#Cc1cc(-c2cccc(C#N)c2)nc(N)n1.CC(C)c1cccc(CN=[N+]=[N-])n1.CC(C)c1cccc(CO)n1.CC(C)c1cccc(Cn2cc(-c3cc(-c4cccc(C#N)c4)nc(N)n3)nn2)n1.CC(O)c1cccc(CO)n1. The molecule has 0 aliphatic heterocycles. The maximum absolute atomic E-state index is 9.13. The highest BCUT2D eigenvalue weighted by atomic mass is 16.3. The van der Waals surface area contributed by atoms with Crippen LogP contribution in [0.1, 0.15) is 135 Å². The number of nitriles is 2. The number of pyridine rings is 4. The average Bonchev–Trinajstić information content (AvgIpc) is 4.04. The number of nitrogens with zero attached hydrogens (tertiary/aromatic N) is 16. The van der Waals surface area contributed by atoms with E-state index in [9.17, 15) is 0 Å². The van der Waals surface area contributed by atoms with Crippen LogP contribution < -0.4 is 11.5 Å². The van der Waals surface area contributed by atoms with Gasteiger partial charge in [0.15, 0.2) is 0 Å². The molecule has 7 N–H and O–H groups in total. The highest BCUT2D eigenvalue weighted by molar-refractivity contribution is 5.68. The maximum Gasteiger partial charge on any atom is 0.221 e. The number of hydrogen-bond acceptors (Lipinski definition) is 18. The first kappa shape index (κ1) is 62.5. The van der Waals surface area contributed by atoms with Gasteiger partial charge in [-0.25, -0.2) is 24.6 Å².